The van der Waals surface area contributed by atoms with Crippen molar-refractivity contribution in [1.82, 2.24) is 0 Å². The lowest BCUT2D eigenvalue weighted by atomic mass is 9.98. The van der Waals surface area contributed by atoms with Gasteiger partial charge in [0.15, 0.2) is 0 Å². The first-order valence-corrected chi connectivity index (χ1v) is 6.62. The predicted octanol–water partition coefficient (Wildman–Crippen LogP) is 5.97. The lowest BCUT2D eigenvalue weighted by Crippen LogP contribution is -1.97. The normalized spacial score (nSPS) is 14.9. The Labute approximate surface area is 106 Å². The molecule has 17 heavy (non-hydrogen) atoms. The van der Waals surface area contributed by atoms with Crippen molar-refractivity contribution in [3.05, 3.63) is 35.7 Å². The van der Waals surface area contributed by atoms with E-state index in [-0.39, 0.29) is 11.7 Å². The quantitative estimate of drug-likeness (QED) is 0.278. The molecular formula is C16H27F. The van der Waals surface area contributed by atoms with Gasteiger partial charge in [-0.25, -0.2) is 4.39 Å². The number of allylic oxidation sites excluding steroid dienone is 5. The summed E-state index contributed by atoms with van der Waals surface area (Å²) in [5.74, 6) is 0.0963. The van der Waals surface area contributed by atoms with E-state index in [1.165, 1.54) is 18.4 Å². The Hall–Kier alpha value is -0.850. The first-order valence-electron chi connectivity index (χ1n) is 6.62. The van der Waals surface area contributed by atoms with Gasteiger partial charge in [-0.15, -0.1) is 6.58 Å². The average molecular weight is 238 g/mol. The minimum Gasteiger partial charge on any atom is -0.211 e. The molecule has 0 aromatic heterocycles. The topological polar surface area (TPSA) is 0 Å². The van der Waals surface area contributed by atoms with Crippen LogP contribution in [0.5, 0.6) is 0 Å². The summed E-state index contributed by atoms with van der Waals surface area (Å²) in [6.07, 6.45) is 9.22. The van der Waals surface area contributed by atoms with E-state index in [1.807, 2.05) is 32.9 Å². The van der Waals surface area contributed by atoms with Crippen molar-refractivity contribution in [2.45, 2.75) is 59.8 Å². The first kappa shape index (κ1) is 16.1. The molecule has 0 aliphatic carbocycles. The van der Waals surface area contributed by atoms with Crippen LogP contribution < -0.4 is 0 Å². The van der Waals surface area contributed by atoms with Gasteiger partial charge in [0, 0.05) is 5.92 Å². The Morgan fingerprint density at radius 1 is 1.24 bits per heavy atom. The number of halogens is 1. The molecule has 0 saturated carbocycles. The van der Waals surface area contributed by atoms with Crippen molar-refractivity contribution in [2.75, 3.05) is 0 Å². The van der Waals surface area contributed by atoms with Crippen molar-refractivity contribution in [3.8, 4) is 0 Å². The standard InChI is InChI=1S/C16H27F/c1-6-10-14(4)16(17)15(5)12-9-7-8-11-13(2)3/h6,10,15H,2,7-9,11-12H2,1,3-5H3/b10-6-,16-14+. The van der Waals surface area contributed by atoms with Crippen LogP contribution in [0.1, 0.15) is 59.8 Å². The van der Waals surface area contributed by atoms with E-state index in [2.05, 4.69) is 13.5 Å². The molecule has 0 aliphatic heterocycles. The van der Waals surface area contributed by atoms with E-state index in [0.717, 1.165) is 24.8 Å². The van der Waals surface area contributed by atoms with Gasteiger partial charge in [0.25, 0.3) is 0 Å². The summed E-state index contributed by atoms with van der Waals surface area (Å²) in [5.41, 5.74) is 2.01. The molecule has 0 heterocycles. The lowest BCUT2D eigenvalue weighted by Gasteiger charge is -2.10. The number of hydrogen-bond acceptors (Lipinski definition) is 0. The van der Waals surface area contributed by atoms with Gasteiger partial charge >= 0.3 is 0 Å². The molecule has 1 unspecified atom stereocenters. The van der Waals surface area contributed by atoms with E-state index < -0.39 is 0 Å². The van der Waals surface area contributed by atoms with Crippen LogP contribution in [0.15, 0.2) is 35.7 Å². The summed E-state index contributed by atoms with van der Waals surface area (Å²) in [6, 6.07) is 0. The Balaban J connectivity index is 3.90. The van der Waals surface area contributed by atoms with Crippen LogP contribution in [0, 0.1) is 5.92 Å². The van der Waals surface area contributed by atoms with Gasteiger partial charge in [0.2, 0.25) is 0 Å². The fraction of sp³-hybridized carbons (Fsp3) is 0.625. The predicted molar refractivity (Wildman–Crippen MR) is 75.7 cm³/mol. The van der Waals surface area contributed by atoms with Crippen LogP contribution in [-0.2, 0) is 0 Å². The zero-order chi connectivity index (χ0) is 13.3. The molecule has 0 radical (unpaired) electrons. The van der Waals surface area contributed by atoms with E-state index in [4.69, 9.17) is 0 Å². The highest BCUT2D eigenvalue weighted by molar-refractivity contribution is 5.20. The van der Waals surface area contributed by atoms with Crippen LogP contribution in [0.2, 0.25) is 0 Å². The number of rotatable bonds is 8. The Bertz CT molecular complexity index is 284. The minimum absolute atomic E-state index is 0.0444. The second-order valence-corrected chi connectivity index (χ2v) is 4.99. The molecule has 1 atom stereocenters. The number of unbranched alkanes of at least 4 members (excludes halogenated alkanes) is 2. The first-order chi connectivity index (χ1) is 7.99. The highest BCUT2D eigenvalue weighted by Gasteiger charge is 2.09. The molecule has 0 aromatic carbocycles. The van der Waals surface area contributed by atoms with E-state index in [9.17, 15) is 4.39 Å². The van der Waals surface area contributed by atoms with Gasteiger partial charge < -0.3 is 0 Å². The van der Waals surface area contributed by atoms with Gasteiger partial charge in [-0.1, -0.05) is 37.5 Å². The highest BCUT2D eigenvalue weighted by Crippen LogP contribution is 2.23. The summed E-state index contributed by atoms with van der Waals surface area (Å²) >= 11 is 0. The van der Waals surface area contributed by atoms with Crippen molar-refractivity contribution >= 4 is 0 Å². The zero-order valence-electron chi connectivity index (χ0n) is 11.9. The second-order valence-electron chi connectivity index (χ2n) is 4.99. The molecule has 0 fully saturated rings. The van der Waals surface area contributed by atoms with Crippen molar-refractivity contribution in [1.29, 1.82) is 0 Å². The molecule has 0 aliphatic rings. The molecule has 0 rings (SSSR count). The maximum absolute atomic E-state index is 13.8. The SMILES string of the molecule is C=C(C)CCCCCC(C)/C(F)=C(C)\C=C/C. The van der Waals surface area contributed by atoms with Crippen molar-refractivity contribution in [2.24, 2.45) is 5.92 Å². The highest BCUT2D eigenvalue weighted by atomic mass is 19.1. The molecule has 0 N–H and O–H groups in total. The summed E-state index contributed by atoms with van der Waals surface area (Å²) in [7, 11) is 0. The average Bonchev–Trinajstić information content (AvgIpc) is 2.27. The lowest BCUT2D eigenvalue weighted by molar-refractivity contribution is 0.443. The monoisotopic (exact) mass is 238 g/mol. The molecule has 98 valence electrons. The molecule has 0 saturated heterocycles. The van der Waals surface area contributed by atoms with Crippen molar-refractivity contribution in [3.63, 3.8) is 0 Å². The zero-order valence-corrected chi connectivity index (χ0v) is 11.9. The van der Waals surface area contributed by atoms with Crippen LogP contribution in [0.4, 0.5) is 4.39 Å². The second kappa shape index (κ2) is 9.21. The molecule has 1 heteroatoms. The van der Waals surface area contributed by atoms with Gasteiger partial charge in [0.1, 0.15) is 5.83 Å². The largest absolute Gasteiger partial charge is 0.211 e. The molecule has 0 aromatic rings. The molecule has 0 nitrogen and oxygen atoms in total. The van der Waals surface area contributed by atoms with Gasteiger partial charge in [0.05, 0.1) is 0 Å². The summed E-state index contributed by atoms with van der Waals surface area (Å²) in [5, 5.41) is 0. The fourth-order valence-electron chi connectivity index (χ4n) is 1.90. The molecule has 0 spiro atoms. The van der Waals surface area contributed by atoms with Crippen molar-refractivity contribution < 1.29 is 4.39 Å². The molecule has 0 amide bonds. The third-order valence-corrected chi connectivity index (χ3v) is 2.97. The van der Waals surface area contributed by atoms with Gasteiger partial charge in [-0.05, 0) is 45.6 Å². The summed E-state index contributed by atoms with van der Waals surface area (Å²) in [6.45, 7) is 11.7. The Morgan fingerprint density at radius 2 is 1.88 bits per heavy atom. The Morgan fingerprint density at radius 3 is 2.41 bits per heavy atom. The number of hydrogen-bond donors (Lipinski definition) is 0. The van der Waals surface area contributed by atoms with Crippen LogP contribution in [0.3, 0.4) is 0 Å². The van der Waals surface area contributed by atoms with Gasteiger partial charge in [-0.3, -0.25) is 0 Å². The summed E-state index contributed by atoms with van der Waals surface area (Å²) < 4.78 is 13.8. The van der Waals surface area contributed by atoms with Gasteiger partial charge in [-0.2, -0.15) is 0 Å². The minimum atomic E-state index is 0.0444. The molecular weight excluding hydrogens is 211 g/mol. The maximum Gasteiger partial charge on any atom is 0.106 e. The third kappa shape index (κ3) is 7.95. The Kier molecular flexibility index (Phi) is 8.75. The smallest absolute Gasteiger partial charge is 0.106 e. The summed E-state index contributed by atoms with van der Waals surface area (Å²) in [4.78, 5) is 0. The molecule has 0 bridgehead atoms. The van der Waals surface area contributed by atoms with E-state index >= 15 is 0 Å². The maximum atomic E-state index is 13.8. The van der Waals surface area contributed by atoms with E-state index in [0.29, 0.717) is 0 Å². The van der Waals surface area contributed by atoms with Crippen LogP contribution >= 0.6 is 0 Å². The fourth-order valence-corrected chi connectivity index (χ4v) is 1.90. The van der Waals surface area contributed by atoms with Crippen LogP contribution in [-0.4, -0.2) is 0 Å². The van der Waals surface area contributed by atoms with Crippen LogP contribution in [0.25, 0.3) is 0 Å². The third-order valence-electron chi connectivity index (χ3n) is 2.97. The van der Waals surface area contributed by atoms with E-state index in [1.54, 1.807) is 0 Å².